The van der Waals surface area contributed by atoms with E-state index in [9.17, 15) is 0 Å². The Labute approximate surface area is 48.7 Å². The normalized spacial score (nSPS) is 12.5. The van der Waals surface area contributed by atoms with Crippen LogP contribution in [0.3, 0.4) is 0 Å². The second kappa shape index (κ2) is 5.44. The summed E-state index contributed by atoms with van der Waals surface area (Å²) in [6.45, 7) is 2.46. The van der Waals surface area contributed by atoms with Crippen LogP contribution in [-0.2, 0) is 17.1 Å². The molecular weight excluding hydrogens is 128 g/mol. The zero-order chi connectivity index (χ0) is 4.28. The van der Waals surface area contributed by atoms with Gasteiger partial charge < -0.3 is 11.5 Å². The third-order valence-corrected chi connectivity index (χ3v) is 0.372. The van der Waals surface area contributed by atoms with Crippen molar-refractivity contribution in [1.29, 1.82) is 0 Å². The third-order valence-electron chi connectivity index (χ3n) is 0.372. The molecular formula is C3H10CuN2+. The Morgan fingerprint density at radius 2 is 1.83 bits per heavy atom. The maximum absolute atomic E-state index is 5.17. The van der Waals surface area contributed by atoms with Crippen molar-refractivity contribution in [2.45, 2.75) is 13.0 Å². The Morgan fingerprint density at radius 3 is 1.83 bits per heavy atom. The van der Waals surface area contributed by atoms with Gasteiger partial charge in [0.25, 0.3) is 0 Å². The van der Waals surface area contributed by atoms with Gasteiger partial charge in [0.15, 0.2) is 0 Å². The van der Waals surface area contributed by atoms with E-state index in [1.807, 2.05) is 6.92 Å². The standard InChI is InChI=1S/C3H10N2.Cu/c1-3(5)2-4;/h3H,2,4-5H2,1H3;/q;+1. The predicted molar refractivity (Wildman–Crippen MR) is 22.7 cm³/mol. The van der Waals surface area contributed by atoms with E-state index in [0.29, 0.717) is 6.54 Å². The van der Waals surface area contributed by atoms with E-state index in [2.05, 4.69) is 0 Å². The summed E-state index contributed by atoms with van der Waals surface area (Å²) in [7, 11) is 0. The predicted octanol–water partition coefficient (Wildman–Crippen LogP) is -0.710. The summed E-state index contributed by atoms with van der Waals surface area (Å²) in [6.07, 6.45) is 0. The van der Waals surface area contributed by atoms with Gasteiger partial charge in [-0.05, 0) is 6.92 Å². The second-order valence-electron chi connectivity index (χ2n) is 1.21. The first kappa shape index (κ1) is 9.67. The Kier molecular flexibility index (Phi) is 8.76. The Hall–Kier alpha value is 0.439. The number of hydrogen-bond acceptors (Lipinski definition) is 2. The first-order valence-corrected chi connectivity index (χ1v) is 1.73. The van der Waals surface area contributed by atoms with Crippen molar-refractivity contribution in [1.82, 2.24) is 0 Å². The topological polar surface area (TPSA) is 52.0 Å². The zero-order valence-electron chi connectivity index (χ0n) is 3.74. The quantitative estimate of drug-likeness (QED) is 0.470. The fourth-order valence-corrected chi connectivity index (χ4v) is 0. The average Bonchev–Trinajstić information content (AvgIpc) is 1.38. The molecule has 0 bridgehead atoms. The van der Waals surface area contributed by atoms with Crippen LogP contribution in [0.25, 0.3) is 0 Å². The molecule has 0 aromatic rings. The van der Waals surface area contributed by atoms with Gasteiger partial charge in [0.1, 0.15) is 0 Å². The van der Waals surface area contributed by atoms with Gasteiger partial charge in [-0.25, -0.2) is 0 Å². The van der Waals surface area contributed by atoms with Gasteiger partial charge in [-0.15, -0.1) is 0 Å². The summed E-state index contributed by atoms with van der Waals surface area (Å²) in [6, 6.07) is 0.162. The average molecular weight is 138 g/mol. The van der Waals surface area contributed by atoms with Crippen LogP contribution in [-0.4, -0.2) is 12.6 Å². The maximum Gasteiger partial charge on any atom is 1.00 e. The molecule has 0 fully saturated rings. The summed E-state index contributed by atoms with van der Waals surface area (Å²) in [5.41, 5.74) is 10.2. The molecule has 0 spiro atoms. The molecule has 0 aromatic heterocycles. The van der Waals surface area contributed by atoms with Crippen LogP contribution in [0.15, 0.2) is 0 Å². The van der Waals surface area contributed by atoms with Crippen molar-refractivity contribution >= 4 is 0 Å². The molecule has 0 rings (SSSR count). The molecule has 42 valence electrons. The molecule has 1 atom stereocenters. The molecule has 0 saturated heterocycles. The van der Waals surface area contributed by atoms with E-state index in [4.69, 9.17) is 11.5 Å². The Bertz CT molecular complexity index is 22.8. The van der Waals surface area contributed by atoms with Gasteiger partial charge in [0, 0.05) is 12.6 Å². The second-order valence-corrected chi connectivity index (χ2v) is 1.21. The molecule has 6 heavy (non-hydrogen) atoms. The van der Waals surface area contributed by atoms with E-state index in [-0.39, 0.29) is 23.1 Å². The molecule has 3 heteroatoms. The monoisotopic (exact) mass is 137 g/mol. The minimum Gasteiger partial charge on any atom is -0.329 e. The number of hydrogen-bond donors (Lipinski definition) is 2. The molecule has 0 amide bonds. The molecule has 0 aliphatic heterocycles. The molecule has 1 unspecified atom stereocenters. The van der Waals surface area contributed by atoms with E-state index < -0.39 is 0 Å². The largest absolute Gasteiger partial charge is 1.00 e. The number of nitrogens with two attached hydrogens (primary N) is 2. The maximum atomic E-state index is 5.17. The molecule has 0 radical (unpaired) electrons. The van der Waals surface area contributed by atoms with Gasteiger partial charge in [-0.1, -0.05) is 0 Å². The van der Waals surface area contributed by atoms with Crippen LogP contribution in [0.5, 0.6) is 0 Å². The summed E-state index contributed by atoms with van der Waals surface area (Å²) < 4.78 is 0. The van der Waals surface area contributed by atoms with Gasteiger partial charge in [0.05, 0.1) is 0 Å². The Balaban J connectivity index is 0. The van der Waals surface area contributed by atoms with Crippen LogP contribution >= 0.6 is 0 Å². The van der Waals surface area contributed by atoms with Crippen LogP contribution in [0.4, 0.5) is 0 Å². The van der Waals surface area contributed by atoms with E-state index in [0.717, 1.165) is 0 Å². The van der Waals surface area contributed by atoms with E-state index in [1.54, 1.807) is 0 Å². The van der Waals surface area contributed by atoms with Crippen LogP contribution in [0.2, 0.25) is 0 Å². The SMILES string of the molecule is CC(N)CN.[Cu+]. The first-order chi connectivity index (χ1) is 2.27. The summed E-state index contributed by atoms with van der Waals surface area (Å²) in [5, 5.41) is 0. The smallest absolute Gasteiger partial charge is 0.329 e. The van der Waals surface area contributed by atoms with Gasteiger partial charge in [0.2, 0.25) is 0 Å². The van der Waals surface area contributed by atoms with Crippen molar-refractivity contribution in [3.8, 4) is 0 Å². The molecule has 0 aromatic carbocycles. The molecule has 0 aliphatic rings. The van der Waals surface area contributed by atoms with Crippen molar-refractivity contribution in [2.75, 3.05) is 6.54 Å². The zero-order valence-corrected chi connectivity index (χ0v) is 4.68. The molecule has 0 heterocycles. The van der Waals surface area contributed by atoms with Crippen molar-refractivity contribution in [3.05, 3.63) is 0 Å². The first-order valence-electron chi connectivity index (χ1n) is 1.73. The van der Waals surface area contributed by atoms with Crippen LogP contribution in [0.1, 0.15) is 6.92 Å². The van der Waals surface area contributed by atoms with Crippen molar-refractivity contribution < 1.29 is 17.1 Å². The number of rotatable bonds is 1. The van der Waals surface area contributed by atoms with E-state index in [1.165, 1.54) is 0 Å². The van der Waals surface area contributed by atoms with Gasteiger partial charge in [-0.3, -0.25) is 0 Å². The summed E-state index contributed by atoms with van der Waals surface area (Å²) in [5.74, 6) is 0. The third kappa shape index (κ3) is 8.83. The molecule has 4 N–H and O–H groups in total. The summed E-state index contributed by atoms with van der Waals surface area (Å²) >= 11 is 0. The van der Waals surface area contributed by atoms with E-state index >= 15 is 0 Å². The summed E-state index contributed by atoms with van der Waals surface area (Å²) in [4.78, 5) is 0. The fraction of sp³-hybridized carbons (Fsp3) is 1.00. The van der Waals surface area contributed by atoms with Crippen LogP contribution in [0, 0.1) is 0 Å². The minimum absolute atomic E-state index is 0. The van der Waals surface area contributed by atoms with Gasteiger partial charge in [-0.2, -0.15) is 0 Å². The molecule has 0 saturated carbocycles. The minimum atomic E-state index is 0. The molecule has 2 nitrogen and oxygen atoms in total. The van der Waals surface area contributed by atoms with Gasteiger partial charge >= 0.3 is 17.1 Å². The fourth-order valence-electron chi connectivity index (χ4n) is 0. The van der Waals surface area contributed by atoms with Crippen LogP contribution < -0.4 is 11.5 Å². The Morgan fingerprint density at radius 1 is 1.67 bits per heavy atom. The van der Waals surface area contributed by atoms with Crippen molar-refractivity contribution in [3.63, 3.8) is 0 Å². The van der Waals surface area contributed by atoms with Crippen molar-refractivity contribution in [2.24, 2.45) is 11.5 Å². The molecule has 0 aliphatic carbocycles.